The molecule has 0 aliphatic heterocycles. The predicted octanol–water partition coefficient (Wildman–Crippen LogP) is 4.61. The maximum absolute atomic E-state index is 13.7. The molecule has 1 N–H and O–H groups in total. The minimum Gasteiger partial charge on any atom is -0.494 e. The fraction of sp³-hybridized carbons (Fsp3) is 0.235. The van der Waals surface area contributed by atoms with Crippen molar-refractivity contribution in [1.29, 1.82) is 0 Å². The fourth-order valence-corrected chi connectivity index (χ4v) is 4.69. The van der Waals surface area contributed by atoms with Crippen LogP contribution in [0.1, 0.15) is 16.9 Å². The van der Waals surface area contributed by atoms with Gasteiger partial charge in [0.2, 0.25) is 11.0 Å². The molecule has 3 rings (SSSR count). The Bertz CT molecular complexity index is 868. The van der Waals surface area contributed by atoms with Crippen LogP contribution in [0.25, 0.3) is 0 Å². The molecule has 1 aromatic carbocycles. The second-order valence-corrected chi connectivity index (χ2v) is 8.49. The zero-order chi connectivity index (χ0) is 18.4. The quantitative estimate of drug-likeness (QED) is 0.435. The summed E-state index contributed by atoms with van der Waals surface area (Å²) in [4.78, 5) is 13.3. The summed E-state index contributed by atoms with van der Waals surface area (Å²) in [5, 5.41) is 13.3. The number of carbonyl (C=O) groups excluding carboxylic acids is 1. The molecule has 0 aliphatic rings. The summed E-state index contributed by atoms with van der Waals surface area (Å²) in [6, 6.07) is 8.78. The highest BCUT2D eigenvalue weighted by Crippen LogP contribution is 2.29. The number of thioether (sulfide) groups is 1. The van der Waals surface area contributed by atoms with Gasteiger partial charge in [0.05, 0.1) is 7.11 Å². The van der Waals surface area contributed by atoms with Gasteiger partial charge in [0.15, 0.2) is 15.9 Å². The number of rotatable bonds is 8. The molecule has 0 bridgehead atoms. The van der Waals surface area contributed by atoms with Crippen molar-refractivity contribution in [3.8, 4) is 5.75 Å². The van der Waals surface area contributed by atoms with Crippen LogP contribution in [0.4, 0.5) is 9.52 Å². The zero-order valence-electron chi connectivity index (χ0n) is 13.9. The molecule has 5 nitrogen and oxygen atoms in total. The van der Waals surface area contributed by atoms with E-state index >= 15 is 0 Å². The lowest BCUT2D eigenvalue weighted by Gasteiger charge is -2.05. The van der Waals surface area contributed by atoms with Gasteiger partial charge in [-0.1, -0.05) is 35.2 Å². The van der Waals surface area contributed by atoms with Crippen molar-refractivity contribution in [2.45, 2.75) is 22.9 Å². The number of nitrogens with zero attached hydrogens (tertiary/aromatic N) is 2. The molecule has 2 heterocycles. The van der Waals surface area contributed by atoms with Crippen molar-refractivity contribution in [1.82, 2.24) is 10.2 Å². The van der Waals surface area contributed by atoms with E-state index in [0.29, 0.717) is 11.6 Å². The molecular formula is C17H16FN3O2S3. The Kier molecular flexibility index (Phi) is 6.59. The Labute approximate surface area is 162 Å². The highest BCUT2D eigenvalue weighted by atomic mass is 32.2. The van der Waals surface area contributed by atoms with E-state index in [0.717, 1.165) is 15.7 Å². The van der Waals surface area contributed by atoms with E-state index in [1.54, 1.807) is 35.2 Å². The Balaban J connectivity index is 1.46. The van der Waals surface area contributed by atoms with Crippen molar-refractivity contribution in [2.75, 3.05) is 12.4 Å². The molecule has 1 amide bonds. The highest BCUT2D eigenvalue weighted by Gasteiger charge is 2.10. The third-order valence-corrected chi connectivity index (χ3v) is 6.51. The Morgan fingerprint density at radius 2 is 2.23 bits per heavy atom. The first kappa shape index (κ1) is 18.8. The SMILES string of the molecule is COc1ccc(CCC(=O)Nc2nnc(SCc3cccs3)s2)cc1F. The summed E-state index contributed by atoms with van der Waals surface area (Å²) < 4.78 is 19.3. The van der Waals surface area contributed by atoms with Crippen LogP contribution >= 0.6 is 34.4 Å². The first-order valence-electron chi connectivity index (χ1n) is 7.75. The number of hydrogen-bond acceptors (Lipinski definition) is 7. The van der Waals surface area contributed by atoms with Crippen molar-refractivity contribution in [2.24, 2.45) is 0 Å². The van der Waals surface area contributed by atoms with Crippen LogP contribution in [0.3, 0.4) is 0 Å². The van der Waals surface area contributed by atoms with Gasteiger partial charge in [-0.3, -0.25) is 4.79 Å². The molecule has 2 aromatic heterocycles. The van der Waals surface area contributed by atoms with Crippen LogP contribution in [0.5, 0.6) is 5.75 Å². The number of benzene rings is 1. The number of ether oxygens (including phenoxy) is 1. The second-order valence-electron chi connectivity index (χ2n) is 5.26. The lowest BCUT2D eigenvalue weighted by atomic mass is 10.1. The van der Waals surface area contributed by atoms with Crippen molar-refractivity contribution in [3.63, 3.8) is 0 Å². The fourth-order valence-electron chi connectivity index (χ4n) is 2.15. The predicted molar refractivity (Wildman–Crippen MR) is 104 cm³/mol. The summed E-state index contributed by atoms with van der Waals surface area (Å²) >= 11 is 4.64. The Morgan fingerprint density at radius 1 is 1.35 bits per heavy atom. The molecule has 3 aromatic rings. The van der Waals surface area contributed by atoms with Gasteiger partial charge in [0.25, 0.3) is 0 Å². The number of methoxy groups -OCH3 is 1. The maximum Gasteiger partial charge on any atom is 0.226 e. The number of halogens is 1. The molecule has 0 saturated carbocycles. The van der Waals surface area contributed by atoms with Crippen LogP contribution in [0, 0.1) is 5.82 Å². The molecule has 0 atom stereocenters. The number of carbonyl (C=O) groups is 1. The molecule has 0 fully saturated rings. The van der Waals surface area contributed by atoms with E-state index in [4.69, 9.17) is 4.74 Å². The van der Waals surface area contributed by atoms with Crippen molar-refractivity contribution in [3.05, 3.63) is 52.0 Å². The molecule has 0 aliphatic carbocycles. The number of amides is 1. The average Bonchev–Trinajstić information content (AvgIpc) is 3.30. The third-order valence-electron chi connectivity index (χ3n) is 3.43. The van der Waals surface area contributed by atoms with Crippen molar-refractivity contribution >= 4 is 45.5 Å². The molecule has 0 unspecified atom stereocenters. The van der Waals surface area contributed by atoms with Crippen LogP contribution < -0.4 is 10.1 Å². The summed E-state index contributed by atoms with van der Waals surface area (Å²) in [6.45, 7) is 0. The summed E-state index contributed by atoms with van der Waals surface area (Å²) in [5.74, 6) is 0.428. The van der Waals surface area contributed by atoms with Gasteiger partial charge in [-0.2, -0.15) is 0 Å². The average molecular weight is 410 g/mol. The topological polar surface area (TPSA) is 64.1 Å². The first-order valence-corrected chi connectivity index (χ1v) is 10.4. The maximum atomic E-state index is 13.7. The smallest absolute Gasteiger partial charge is 0.226 e. The molecule has 26 heavy (non-hydrogen) atoms. The van der Waals surface area contributed by atoms with Crippen LogP contribution in [0.2, 0.25) is 0 Å². The largest absolute Gasteiger partial charge is 0.494 e. The standard InChI is InChI=1S/C17H16FN3O2S3/c1-23-14-6-4-11(9-13(14)18)5-7-15(22)19-16-20-21-17(26-16)25-10-12-3-2-8-24-12/h2-4,6,8-9H,5,7,10H2,1H3,(H,19,20,22). The third kappa shape index (κ3) is 5.26. The summed E-state index contributed by atoms with van der Waals surface area (Å²) in [5.41, 5.74) is 0.739. The monoisotopic (exact) mass is 409 g/mol. The van der Waals surface area contributed by atoms with Gasteiger partial charge >= 0.3 is 0 Å². The van der Waals surface area contributed by atoms with E-state index in [1.165, 1.54) is 29.4 Å². The molecule has 9 heteroatoms. The number of anilines is 1. The van der Waals surface area contributed by atoms with Gasteiger partial charge in [0.1, 0.15) is 0 Å². The number of nitrogens with one attached hydrogen (secondary N) is 1. The lowest BCUT2D eigenvalue weighted by molar-refractivity contribution is -0.116. The van der Waals surface area contributed by atoms with Gasteiger partial charge in [-0.05, 0) is 35.6 Å². The van der Waals surface area contributed by atoms with E-state index in [9.17, 15) is 9.18 Å². The number of thiophene rings is 1. The van der Waals surface area contributed by atoms with E-state index in [1.807, 2.05) is 11.4 Å². The van der Waals surface area contributed by atoms with Gasteiger partial charge in [-0.25, -0.2) is 4.39 Å². The van der Waals surface area contributed by atoms with Crippen LogP contribution in [-0.4, -0.2) is 23.2 Å². The minimum absolute atomic E-state index is 0.174. The number of aryl methyl sites for hydroxylation is 1. The zero-order valence-corrected chi connectivity index (χ0v) is 16.3. The van der Waals surface area contributed by atoms with E-state index in [2.05, 4.69) is 21.6 Å². The lowest BCUT2D eigenvalue weighted by Crippen LogP contribution is -2.12. The molecule has 0 spiro atoms. The van der Waals surface area contributed by atoms with E-state index in [-0.39, 0.29) is 18.1 Å². The minimum atomic E-state index is -0.429. The highest BCUT2D eigenvalue weighted by molar-refractivity contribution is 8.00. The molecular weight excluding hydrogens is 393 g/mol. The van der Waals surface area contributed by atoms with Crippen LogP contribution in [0.15, 0.2) is 40.1 Å². The number of aromatic nitrogens is 2. The van der Waals surface area contributed by atoms with Gasteiger partial charge in [-0.15, -0.1) is 21.5 Å². The molecule has 136 valence electrons. The summed E-state index contributed by atoms with van der Waals surface area (Å²) in [7, 11) is 1.42. The van der Waals surface area contributed by atoms with Gasteiger partial charge in [0, 0.05) is 17.1 Å². The molecule has 0 radical (unpaired) electrons. The van der Waals surface area contributed by atoms with Crippen LogP contribution in [-0.2, 0) is 17.0 Å². The van der Waals surface area contributed by atoms with Gasteiger partial charge < -0.3 is 10.1 Å². The van der Waals surface area contributed by atoms with E-state index < -0.39 is 5.82 Å². The second kappa shape index (κ2) is 9.11. The summed E-state index contributed by atoms with van der Waals surface area (Å²) in [6.07, 6.45) is 0.675. The molecule has 0 saturated heterocycles. The normalized spacial score (nSPS) is 10.7. The Hall–Kier alpha value is -1.97. The number of hydrogen-bond donors (Lipinski definition) is 1. The first-order chi connectivity index (χ1) is 12.6. The van der Waals surface area contributed by atoms with Crippen molar-refractivity contribution < 1.29 is 13.9 Å². The Morgan fingerprint density at radius 3 is 2.96 bits per heavy atom.